The van der Waals surface area contributed by atoms with Crippen LogP contribution in [-0.2, 0) is 13.0 Å². The van der Waals surface area contributed by atoms with E-state index < -0.39 is 0 Å². The number of rotatable bonds is 5. The Balaban J connectivity index is 2.10. The van der Waals surface area contributed by atoms with Crippen molar-refractivity contribution in [1.82, 2.24) is 0 Å². The van der Waals surface area contributed by atoms with Crippen LogP contribution in [0.15, 0.2) is 53.7 Å². The van der Waals surface area contributed by atoms with Crippen LogP contribution in [0.3, 0.4) is 0 Å². The maximum absolute atomic E-state index is 8.76. The number of benzene rings is 2. The molecule has 0 spiro atoms. The Morgan fingerprint density at radius 1 is 1.10 bits per heavy atom. The van der Waals surface area contributed by atoms with Gasteiger partial charge in [0.15, 0.2) is 5.84 Å². The number of nitrogens with two attached hydrogens (primary N) is 1. The van der Waals surface area contributed by atoms with E-state index in [9.17, 15) is 0 Å². The maximum Gasteiger partial charge on any atom is 0.173 e. The molecule has 3 N–H and O–H groups in total. The molecule has 20 heavy (non-hydrogen) atoms. The number of nitrogens with zero attached hydrogens (tertiary/aromatic N) is 1. The van der Waals surface area contributed by atoms with Crippen molar-refractivity contribution in [2.75, 3.05) is 0 Å². The molecule has 0 saturated heterocycles. The normalized spacial score (nSPS) is 11.3. The highest BCUT2D eigenvalue weighted by Crippen LogP contribution is 2.19. The smallest absolute Gasteiger partial charge is 0.173 e. The average molecular weight is 270 g/mol. The van der Waals surface area contributed by atoms with Gasteiger partial charge in [-0.05, 0) is 29.7 Å². The van der Waals surface area contributed by atoms with Gasteiger partial charge in [-0.2, -0.15) is 0 Å². The summed E-state index contributed by atoms with van der Waals surface area (Å²) in [6.45, 7) is 2.57. The lowest BCUT2D eigenvalue weighted by Gasteiger charge is -2.10. The minimum atomic E-state index is 0.0435. The molecule has 4 heteroatoms. The van der Waals surface area contributed by atoms with E-state index in [2.05, 4.69) is 24.2 Å². The summed E-state index contributed by atoms with van der Waals surface area (Å²) in [5.74, 6) is 0.643. The molecule has 0 amide bonds. The largest absolute Gasteiger partial charge is 0.488 e. The molecular formula is C16H18N2O2. The van der Waals surface area contributed by atoms with Gasteiger partial charge in [0, 0.05) is 0 Å². The molecular weight excluding hydrogens is 252 g/mol. The van der Waals surface area contributed by atoms with Crippen LogP contribution >= 0.6 is 0 Å². The first-order chi connectivity index (χ1) is 9.74. The molecule has 0 fully saturated rings. The third-order valence-corrected chi connectivity index (χ3v) is 3.10. The van der Waals surface area contributed by atoms with E-state index in [4.69, 9.17) is 15.7 Å². The van der Waals surface area contributed by atoms with Gasteiger partial charge < -0.3 is 15.7 Å². The lowest BCUT2D eigenvalue weighted by atomic mass is 10.1. The van der Waals surface area contributed by atoms with Gasteiger partial charge in [-0.15, -0.1) is 0 Å². The van der Waals surface area contributed by atoms with Crippen LogP contribution in [0.25, 0.3) is 0 Å². The number of aryl methyl sites for hydroxylation is 1. The molecule has 0 aromatic heterocycles. The first kappa shape index (κ1) is 13.9. The third-order valence-electron chi connectivity index (χ3n) is 3.10. The SMILES string of the molecule is CCc1ccc(COc2ccccc2C(N)=NO)cc1. The van der Waals surface area contributed by atoms with E-state index in [0.29, 0.717) is 17.9 Å². The summed E-state index contributed by atoms with van der Waals surface area (Å²) in [5, 5.41) is 11.8. The van der Waals surface area contributed by atoms with Crippen molar-refractivity contribution < 1.29 is 9.94 Å². The zero-order valence-electron chi connectivity index (χ0n) is 11.4. The third kappa shape index (κ3) is 3.29. The summed E-state index contributed by atoms with van der Waals surface area (Å²) in [4.78, 5) is 0. The number of hydrogen-bond acceptors (Lipinski definition) is 3. The van der Waals surface area contributed by atoms with Crippen LogP contribution < -0.4 is 10.5 Å². The summed E-state index contributed by atoms with van der Waals surface area (Å²) in [6.07, 6.45) is 1.02. The van der Waals surface area contributed by atoms with Crippen LogP contribution in [0.1, 0.15) is 23.6 Å². The molecule has 0 heterocycles. The molecule has 2 aromatic rings. The first-order valence-electron chi connectivity index (χ1n) is 6.52. The van der Waals surface area contributed by atoms with Crippen LogP contribution in [0.5, 0.6) is 5.75 Å². The van der Waals surface area contributed by atoms with Gasteiger partial charge in [-0.3, -0.25) is 0 Å². The number of amidine groups is 1. The molecule has 0 unspecified atom stereocenters. The van der Waals surface area contributed by atoms with Crippen molar-refractivity contribution in [2.24, 2.45) is 10.9 Å². The van der Waals surface area contributed by atoms with Gasteiger partial charge >= 0.3 is 0 Å². The Bertz CT molecular complexity index is 592. The molecule has 0 bridgehead atoms. The van der Waals surface area contributed by atoms with Crippen LogP contribution in [0.4, 0.5) is 0 Å². The van der Waals surface area contributed by atoms with Crippen molar-refractivity contribution in [3.05, 3.63) is 65.2 Å². The molecule has 0 saturated carbocycles. The second-order valence-corrected chi connectivity index (χ2v) is 4.44. The Labute approximate surface area is 118 Å². The van der Waals surface area contributed by atoms with E-state index in [-0.39, 0.29) is 5.84 Å². The molecule has 0 atom stereocenters. The van der Waals surface area contributed by atoms with Crippen molar-refractivity contribution in [3.8, 4) is 5.75 Å². The molecule has 0 aliphatic rings. The van der Waals surface area contributed by atoms with Gasteiger partial charge in [-0.25, -0.2) is 0 Å². The zero-order chi connectivity index (χ0) is 14.4. The standard InChI is InChI=1S/C16H18N2O2/c1-2-12-7-9-13(10-8-12)11-20-15-6-4-3-5-14(15)16(17)18-19/h3-10,19H,2,11H2,1H3,(H2,17,18). The predicted octanol–water partition coefficient (Wildman–Crippen LogP) is 2.92. The Kier molecular flexibility index (Phi) is 4.60. The molecule has 0 aliphatic carbocycles. The molecule has 104 valence electrons. The maximum atomic E-state index is 8.76. The first-order valence-corrected chi connectivity index (χ1v) is 6.52. The quantitative estimate of drug-likeness (QED) is 0.380. The van der Waals surface area contributed by atoms with E-state index in [1.54, 1.807) is 12.1 Å². The van der Waals surface area contributed by atoms with E-state index in [1.807, 2.05) is 24.3 Å². The van der Waals surface area contributed by atoms with Gasteiger partial charge in [0.1, 0.15) is 12.4 Å². The van der Waals surface area contributed by atoms with Crippen molar-refractivity contribution >= 4 is 5.84 Å². The van der Waals surface area contributed by atoms with Crippen molar-refractivity contribution in [2.45, 2.75) is 20.0 Å². The second kappa shape index (κ2) is 6.61. The summed E-state index contributed by atoms with van der Waals surface area (Å²) in [5.41, 5.74) is 8.58. The van der Waals surface area contributed by atoms with E-state index >= 15 is 0 Å². The fourth-order valence-electron chi connectivity index (χ4n) is 1.89. The molecule has 4 nitrogen and oxygen atoms in total. The van der Waals surface area contributed by atoms with Gasteiger partial charge in [-0.1, -0.05) is 48.5 Å². The highest BCUT2D eigenvalue weighted by Gasteiger charge is 2.07. The lowest BCUT2D eigenvalue weighted by molar-refractivity contribution is 0.303. The number of para-hydroxylation sites is 1. The summed E-state index contributed by atoms with van der Waals surface area (Å²) >= 11 is 0. The Morgan fingerprint density at radius 3 is 2.40 bits per heavy atom. The Hall–Kier alpha value is -2.49. The topological polar surface area (TPSA) is 67.8 Å². The monoisotopic (exact) mass is 270 g/mol. The molecule has 2 rings (SSSR count). The molecule has 2 aromatic carbocycles. The Morgan fingerprint density at radius 2 is 1.75 bits per heavy atom. The predicted molar refractivity (Wildman–Crippen MR) is 79.1 cm³/mol. The summed E-state index contributed by atoms with van der Waals surface area (Å²) in [7, 11) is 0. The van der Waals surface area contributed by atoms with Gasteiger partial charge in [0.25, 0.3) is 0 Å². The number of oxime groups is 1. The minimum absolute atomic E-state index is 0.0435. The molecule has 0 radical (unpaired) electrons. The number of hydrogen-bond donors (Lipinski definition) is 2. The highest BCUT2D eigenvalue weighted by atomic mass is 16.5. The van der Waals surface area contributed by atoms with Gasteiger partial charge in [0.05, 0.1) is 5.56 Å². The summed E-state index contributed by atoms with van der Waals surface area (Å²) < 4.78 is 5.75. The van der Waals surface area contributed by atoms with E-state index in [0.717, 1.165) is 12.0 Å². The number of ether oxygens (including phenoxy) is 1. The minimum Gasteiger partial charge on any atom is -0.488 e. The van der Waals surface area contributed by atoms with Crippen LogP contribution in [0, 0.1) is 0 Å². The van der Waals surface area contributed by atoms with E-state index in [1.165, 1.54) is 5.56 Å². The zero-order valence-corrected chi connectivity index (χ0v) is 11.4. The molecule has 0 aliphatic heterocycles. The fourth-order valence-corrected chi connectivity index (χ4v) is 1.89. The van der Waals surface area contributed by atoms with Gasteiger partial charge in [0.2, 0.25) is 0 Å². The average Bonchev–Trinajstić information content (AvgIpc) is 2.53. The lowest BCUT2D eigenvalue weighted by Crippen LogP contribution is -2.14. The highest BCUT2D eigenvalue weighted by molar-refractivity contribution is 5.99. The fraction of sp³-hybridized carbons (Fsp3) is 0.188. The van der Waals surface area contributed by atoms with Crippen molar-refractivity contribution in [1.29, 1.82) is 0 Å². The van der Waals surface area contributed by atoms with Crippen LogP contribution in [-0.4, -0.2) is 11.0 Å². The van der Waals surface area contributed by atoms with Crippen LogP contribution in [0.2, 0.25) is 0 Å². The second-order valence-electron chi connectivity index (χ2n) is 4.44. The van der Waals surface area contributed by atoms with Crippen molar-refractivity contribution in [3.63, 3.8) is 0 Å². The summed E-state index contributed by atoms with van der Waals surface area (Å²) in [6, 6.07) is 15.5.